The third-order valence-electron chi connectivity index (χ3n) is 2.75. The highest BCUT2D eigenvalue weighted by atomic mass is 16.2. The van der Waals surface area contributed by atoms with E-state index in [2.05, 4.69) is 5.92 Å². The molecule has 2 amide bonds. The summed E-state index contributed by atoms with van der Waals surface area (Å²) in [4.78, 5) is 15.5. The molecule has 98 valence electrons. The number of rotatable bonds is 3. The molecule has 0 N–H and O–H groups in total. The summed E-state index contributed by atoms with van der Waals surface area (Å²) in [5, 5.41) is 0. The van der Waals surface area contributed by atoms with Gasteiger partial charge in [0.1, 0.15) is 0 Å². The van der Waals surface area contributed by atoms with Gasteiger partial charge in [0.25, 0.3) is 0 Å². The van der Waals surface area contributed by atoms with E-state index in [1.54, 1.807) is 36.0 Å². The van der Waals surface area contributed by atoms with Crippen LogP contribution in [0.15, 0.2) is 54.3 Å². The van der Waals surface area contributed by atoms with E-state index in [9.17, 15) is 4.79 Å². The molecule has 0 spiro atoms. The van der Waals surface area contributed by atoms with E-state index in [1.807, 2.05) is 43.3 Å². The zero-order chi connectivity index (χ0) is 14.3. The molecule has 0 atom stereocenters. The SMILES string of the molecule is C#C/C=C\C(=C/C)N(C)C(=O)N(C)c1ccccc1. The summed E-state index contributed by atoms with van der Waals surface area (Å²) in [6.07, 6.45) is 10.3. The molecule has 3 nitrogen and oxygen atoms in total. The molecule has 0 aliphatic carbocycles. The molecule has 0 fully saturated rings. The van der Waals surface area contributed by atoms with Gasteiger partial charge in [-0.3, -0.25) is 9.80 Å². The molecule has 1 rings (SSSR count). The van der Waals surface area contributed by atoms with Gasteiger partial charge in [-0.1, -0.05) is 30.2 Å². The number of hydrogen-bond acceptors (Lipinski definition) is 1. The molecule has 0 saturated carbocycles. The van der Waals surface area contributed by atoms with Crippen LogP contribution in [0.1, 0.15) is 6.92 Å². The molecule has 0 saturated heterocycles. The van der Waals surface area contributed by atoms with Crippen LogP contribution in [0.2, 0.25) is 0 Å². The topological polar surface area (TPSA) is 23.6 Å². The lowest BCUT2D eigenvalue weighted by Crippen LogP contribution is -2.37. The van der Waals surface area contributed by atoms with Gasteiger partial charge in [-0.25, -0.2) is 4.79 Å². The molecular weight excluding hydrogens is 236 g/mol. The van der Waals surface area contributed by atoms with Crippen molar-refractivity contribution >= 4 is 11.7 Å². The van der Waals surface area contributed by atoms with Crippen LogP contribution in [0.25, 0.3) is 0 Å². The second-order valence-electron chi connectivity index (χ2n) is 3.95. The maximum absolute atomic E-state index is 12.3. The molecular formula is C16H18N2O. The van der Waals surface area contributed by atoms with Gasteiger partial charge in [-0.2, -0.15) is 0 Å². The standard InChI is InChI=1S/C16H18N2O/c1-5-7-11-14(6-2)17(3)16(19)18(4)15-12-9-8-10-13-15/h1,6-13H,2-4H3/b11-7-,14-6+. The Balaban J connectivity index is 2.88. The van der Waals surface area contributed by atoms with Gasteiger partial charge in [0.05, 0.1) is 0 Å². The van der Waals surface area contributed by atoms with E-state index in [4.69, 9.17) is 6.42 Å². The lowest BCUT2D eigenvalue weighted by molar-refractivity contribution is 0.227. The van der Waals surface area contributed by atoms with Crippen LogP contribution in [0.5, 0.6) is 0 Å². The summed E-state index contributed by atoms with van der Waals surface area (Å²) in [6.45, 7) is 1.86. The van der Waals surface area contributed by atoms with Crippen LogP contribution in [0.4, 0.5) is 10.5 Å². The Bertz CT molecular complexity index is 523. The number of nitrogens with zero attached hydrogens (tertiary/aromatic N) is 2. The fourth-order valence-corrected chi connectivity index (χ4v) is 1.63. The first-order chi connectivity index (χ1) is 9.11. The Morgan fingerprint density at radius 2 is 1.89 bits per heavy atom. The number of benzene rings is 1. The van der Waals surface area contributed by atoms with Crippen LogP contribution < -0.4 is 4.90 Å². The molecule has 0 aliphatic heterocycles. The number of urea groups is 1. The maximum atomic E-state index is 12.3. The molecule has 19 heavy (non-hydrogen) atoms. The van der Waals surface area contributed by atoms with Gasteiger partial charge in [0, 0.05) is 25.5 Å². The number of amides is 2. The Morgan fingerprint density at radius 1 is 1.26 bits per heavy atom. The normalized spacial score (nSPS) is 11.2. The van der Waals surface area contributed by atoms with Crippen molar-refractivity contribution in [2.45, 2.75) is 6.92 Å². The van der Waals surface area contributed by atoms with Crippen molar-refractivity contribution in [2.75, 3.05) is 19.0 Å². The first kappa shape index (κ1) is 14.6. The highest BCUT2D eigenvalue weighted by Gasteiger charge is 2.16. The highest BCUT2D eigenvalue weighted by Crippen LogP contribution is 2.15. The molecule has 0 aromatic heterocycles. The summed E-state index contributed by atoms with van der Waals surface area (Å²) < 4.78 is 0. The van der Waals surface area contributed by atoms with Crippen LogP contribution >= 0.6 is 0 Å². The fourth-order valence-electron chi connectivity index (χ4n) is 1.63. The van der Waals surface area contributed by atoms with Crippen molar-refractivity contribution in [3.8, 4) is 12.3 Å². The van der Waals surface area contributed by atoms with Crippen LogP contribution in [-0.2, 0) is 0 Å². The third-order valence-corrected chi connectivity index (χ3v) is 2.75. The number of carbonyl (C=O) groups excluding carboxylic acids is 1. The Kier molecular flexibility index (Phi) is 5.43. The van der Waals surface area contributed by atoms with Crippen molar-refractivity contribution in [3.05, 3.63) is 54.3 Å². The average Bonchev–Trinajstić information content (AvgIpc) is 2.47. The van der Waals surface area contributed by atoms with Crippen molar-refractivity contribution in [3.63, 3.8) is 0 Å². The Morgan fingerprint density at radius 3 is 2.42 bits per heavy atom. The summed E-state index contributed by atoms with van der Waals surface area (Å²) in [6, 6.07) is 9.36. The lowest BCUT2D eigenvalue weighted by atomic mass is 10.3. The largest absolute Gasteiger partial charge is 0.328 e. The van der Waals surface area contributed by atoms with Gasteiger partial charge >= 0.3 is 6.03 Å². The first-order valence-electron chi connectivity index (χ1n) is 5.97. The average molecular weight is 254 g/mol. The Labute approximate surface area is 114 Å². The van der Waals surface area contributed by atoms with E-state index in [1.165, 1.54) is 0 Å². The highest BCUT2D eigenvalue weighted by molar-refractivity contribution is 5.92. The predicted octanol–water partition coefficient (Wildman–Crippen LogP) is 3.27. The quantitative estimate of drug-likeness (QED) is 0.600. The first-order valence-corrected chi connectivity index (χ1v) is 5.97. The molecule has 3 heteroatoms. The van der Waals surface area contributed by atoms with E-state index in [-0.39, 0.29) is 6.03 Å². The number of para-hydroxylation sites is 1. The minimum Gasteiger partial charge on any atom is -0.297 e. The number of terminal acetylenes is 1. The fraction of sp³-hybridized carbons (Fsp3) is 0.188. The van der Waals surface area contributed by atoms with Crippen LogP contribution in [-0.4, -0.2) is 25.0 Å². The second kappa shape index (κ2) is 7.07. The van der Waals surface area contributed by atoms with E-state index in [0.717, 1.165) is 11.4 Å². The van der Waals surface area contributed by atoms with E-state index < -0.39 is 0 Å². The molecule has 1 aromatic rings. The van der Waals surface area contributed by atoms with E-state index >= 15 is 0 Å². The van der Waals surface area contributed by atoms with Crippen LogP contribution in [0.3, 0.4) is 0 Å². The molecule has 1 aromatic carbocycles. The smallest absolute Gasteiger partial charge is 0.297 e. The minimum atomic E-state index is -0.124. The summed E-state index contributed by atoms with van der Waals surface area (Å²) in [5.41, 5.74) is 1.60. The number of carbonyl (C=O) groups is 1. The molecule has 0 bridgehead atoms. The van der Waals surface area contributed by atoms with Crippen LogP contribution in [0, 0.1) is 12.3 Å². The van der Waals surface area contributed by atoms with Gasteiger partial charge in [0.15, 0.2) is 0 Å². The predicted molar refractivity (Wildman–Crippen MR) is 79.7 cm³/mol. The van der Waals surface area contributed by atoms with Gasteiger partial charge in [-0.05, 0) is 31.2 Å². The van der Waals surface area contributed by atoms with Gasteiger partial charge < -0.3 is 0 Å². The zero-order valence-corrected chi connectivity index (χ0v) is 11.5. The zero-order valence-electron chi connectivity index (χ0n) is 11.5. The molecule has 0 unspecified atom stereocenters. The molecule has 0 radical (unpaired) electrons. The monoisotopic (exact) mass is 254 g/mol. The van der Waals surface area contributed by atoms with Gasteiger partial charge in [0.2, 0.25) is 0 Å². The number of hydrogen-bond donors (Lipinski definition) is 0. The number of allylic oxidation sites excluding steroid dienone is 3. The van der Waals surface area contributed by atoms with E-state index in [0.29, 0.717) is 0 Å². The Hall–Kier alpha value is -2.47. The maximum Gasteiger partial charge on any atom is 0.328 e. The van der Waals surface area contributed by atoms with Crippen molar-refractivity contribution in [1.82, 2.24) is 4.90 Å². The second-order valence-corrected chi connectivity index (χ2v) is 3.95. The summed E-state index contributed by atoms with van der Waals surface area (Å²) in [5.74, 6) is 2.41. The molecule has 0 aliphatic rings. The lowest BCUT2D eigenvalue weighted by Gasteiger charge is -2.25. The minimum absolute atomic E-state index is 0.124. The van der Waals surface area contributed by atoms with Gasteiger partial charge in [-0.15, -0.1) is 6.42 Å². The van der Waals surface area contributed by atoms with Crippen molar-refractivity contribution < 1.29 is 4.79 Å². The third kappa shape index (κ3) is 3.75. The summed E-state index contributed by atoms with van der Waals surface area (Å²) in [7, 11) is 3.46. The summed E-state index contributed by atoms with van der Waals surface area (Å²) >= 11 is 0. The number of likely N-dealkylation sites (N-methyl/N-ethyl adjacent to an activating group) is 1. The van der Waals surface area contributed by atoms with Crippen molar-refractivity contribution in [2.24, 2.45) is 0 Å². The number of anilines is 1. The molecule has 0 heterocycles. The van der Waals surface area contributed by atoms with Crippen molar-refractivity contribution in [1.29, 1.82) is 0 Å².